The van der Waals surface area contributed by atoms with E-state index in [9.17, 15) is 9.59 Å². The molecular weight excluding hydrogens is 220 g/mol. The summed E-state index contributed by atoms with van der Waals surface area (Å²) in [5, 5.41) is 0. The summed E-state index contributed by atoms with van der Waals surface area (Å²) in [5.74, 6) is -1.29. The predicted octanol–water partition coefficient (Wildman–Crippen LogP) is 1.11. The van der Waals surface area contributed by atoms with E-state index < -0.39 is 23.1 Å². The van der Waals surface area contributed by atoms with Gasteiger partial charge in [0, 0.05) is 11.8 Å². The summed E-state index contributed by atoms with van der Waals surface area (Å²) in [5.41, 5.74) is -2.43. The fourth-order valence-corrected chi connectivity index (χ4v) is 2.68. The van der Waals surface area contributed by atoms with Crippen molar-refractivity contribution in [3.8, 4) is 0 Å². The van der Waals surface area contributed by atoms with Gasteiger partial charge < -0.3 is 9.47 Å². The highest BCUT2D eigenvalue weighted by Gasteiger charge is 2.68. The number of rotatable bonds is 1. The van der Waals surface area contributed by atoms with Gasteiger partial charge >= 0.3 is 11.9 Å². The van der Waals surface area contributed by atoms with Crippen LogP contribution in [0.5, 0.6) is 0 Å². The second kappa shape index (κ2) is 2.88. The van der Waals surface area contributed by atoms with Crippen molar-refractivity contribution < 1.29 is 19.1 Å². The van der Waals surface area contributed by atoms with E-state index >= 15 is 0 Å². The number of ether oxygens (including phenoxy) is 2. The van der Waals surface area contributed by atoms with E-state index in [2.05, 4.69) is 0 Å². The molecule has 84 valence electrons. The van der Waals surface area contributed by atoms with Gasteiger partial charge in [0.05, 0.1) is 5.88 Å². The summed E-state index contributed by atoms with van der Waals surface area (Å²) in [6.07, 6.45) is 0. The Morgan fingerprint density at radius 3 is 2.33 bits per heavy atom. The number of carbonyl (C=O) groups is 2. The third-order valence-electron chi connectivity index (χ3n) is 3.88. The van der Waals surface area contributed by atoms with Crippen LogP contribution in [-0.4, -0.2) is 29.0 Å². The fraction of sp³-hybridized carbons (Fsp3) is 0.800. The molecule has 4 nitrogen and oxygen atoms in total. The van der Waals surface area contributed by atoms with Crippen LogP contribution >= 0.6 is 11.6 Å². The van der Waals surface area contributed by atoms with Crippen molar-refractivity contribution in [2.75, 3.05) is 5.88 Å². The van der Waals surface area contributed by atoms with Crippen LogP contribution in [0.2, 0.25) is 0 Å². The normalized spacial score (nSPS) is 48.8. The minimum Gasteiger partial charge on any atom is -0.444 e. The van der Waals surface area contributed by atoms with Crippen LogP contribution in [0.3, 0.4) is 0 Å². The van der Waals surface area contributed by atoms with Crippen LogP contribution in [0.25, 0.3) is 0 Å². The number of esters is 2. The summed E-state index contributed by atoms with van der Waals surface area (Å²) in [6, 6.07) is 0. The molecule has 0 aromatic heterocycles. The maximum Gasteiger partial charge on any atom is 0.353 e. The van der Waals surface area contributed by atoms with Crippen LogP contribution in [-0.2, 0) is 19.1 Å². The van der Waals surface area contributed by atoms with Gasteiger partial charge in [-0.25, -0.2) is 9.59 Å². The summed E-state index contributed by atoms with van der Waals surface area (Å²) < 4.78 is 10.3. The van der Waals surface area contributed by atoms with E-state index in [-0.39, 0.29) is 17.7 Å². The molecule has 4 unspecified atom stereocenters. The van der Waals surface area contributed by atoms with Gasteiger partial charge in [-0.05, 0) is 6.92 Å². The fourth-order valence-electron chi connectivity index (χ4n) is 2.27. The Morgan fingerprint density at radius 1 is 1.20 bits per heavy atom. The minimum absolute atomic E-state index is 0.0564. The second-order valence-electron chi connectivity index (χ2n) is 4.49. The molecule has 0 aliphatic carbocycles. The van der Waals surface area contributed by atoms with Crippen molar-refractivity contribution in [3.05, 3.63) is 0 Å². The third kappa shape index (κ3) is 1.03. The molecule has 3 aliphatic rings. The van der Waals surface area contributed by atoms with Crippen LogP contribution in [0.4, 0.5) is 0 Å². The minimum atomic E-state index is -1.28. The molecule has 3 fully saturated rings. The smallest absolute Gasteiger partial charge is 0.353 e. The van der Waals surface area contributed by atoms with Gasteiger partial charge in [0.15, 0.2) is 0 Å². The molecule has 2 bridgehead atoms. The van der Waals surface area contributed by atoms with E-state index in [4.69, 9.17) is 21.1 Å². The Bertz CT molecular complexity index is 342. The Labute approximate surface area is 92.9 Å². The van der Waals surface area contributed by atoms with Crippen molar-refractivity contribution in [1.82, 2.24) is 0 Å². The largest absolute Gasteiger partial charge is 0.444 e. The molecule has 3 aliphatic heterocycles. The predicted molar refractivity (Wildman–Crippen MR) is 52.4 cm³/mol. The zero-order valence-electron chi connectivity index (χ0n) is 8.87. The maximum atomic E-state index is 11.7. The van der Waals surface area contributed by atoms with Crippen LogP contribution in [0.1, 0.15) is 20.8 Å². The number of fused-ring (bicyclic) bond motifs is 3. The van der Waals surface area contributed by atoms with Gasteiger partial charge in [-0.15, -0.1) is 11.6 Å². The number of carbonyl (C=O) groups excluding carboxylic acids is 2. The Balaban J connectivity index is 2.52. The molecule has 5 heteroatoms. The van der Waals surface area contributed by atoms with Gasteiger partial charge in [-0.1, -0.05) is 13.8 Å². The first kappa shape index (κ1) is 10.7. The second-order valence-corrected chi connectivity index (χ2v) is 4.75. The Morgan fingerprint density at radius 2 is 1.80 bits per heavy atom. The highest BCUT2D eigenvalue weighted by atomic mass is 35.5. The molecule has 4 atom stereocenters. The average Bonchev–Trinajstić information content (AvgIpc) is 2.19. The third-order valence-corrected chi connectivity index (χ3v) is 4.28. The van der Waals surface area contributed by atoms with Crippen molar-refractivity contribution in [2.24, 2.45) is 11.8 Å². The zero-order valence-corrected chi connectivity index (χ0v) is 9.63. The zero-order chi connectivity index (χ0) is 11.4. The molecule has 15 heavy (non-hydrogen) atoms. The Hall–Kier alpha value is -0.770. The first-order chi connectivity index (χ1) is 6.88. The van der Waals surface area contributed by atoms with Crippen molar-refractivity contribution in [2.45, 2.75) is 32.0 Å². The molecule has 3 heterocycles. The highest BCUT2D eigenvalue weighted by molar-refractivity contribution is 6.21. The molecular formula is C10H13ClO4. The summed E-state index contributed by atoms with van der Waals surface area (Å²) in [7, 11) is 0. The standard InChI is InChI=1S/C10H13ClO4/c1-5-6(2)10(4-11)8(13)14-9(5,3)7(12)15-10/h5-6H,4H2,1-3H3. The first-order valence-corrected chi connectivity index (χ1v) is 5.45. The van der Waals surface area contributed by atoms with E-state index in [0.29, 0.717) is 0 Å². The van der Waals surface area contributed by atoms with Gasteiger partial charge in [-0.2, -0.15) is 0 Å². The number of hydrogen-bond acceptors (Lipinski definition) is 4. The summed E-state index contributed by atoms with van der Waals surface area (Å²) in [4.78, 5) is 23.4. The van der Waals surface area contributed by atoms with E-state index in [1.807, 2.05) is 13.8 Å². The monoisotopic (exact) mass is 232 g/mol. The number of halogens is 1. The maximum absolute atomic E-state index is 11.7. The average molecular weight is 233 g/mol. The molecule has 0 radical (unpaired) electrons. The lowest BCUT2D eigenvalue weighted by Crippen LogP contribution is -2.72. The molecule has 3 rings (SSSR count). The van der Waals surface area contributed by atoms with Crippen LogP contribution in [0.15, 0.2) is 0 Å². The van der Waals surface area contributed by atoms with Crippen LogP contribution < -0.4 is 0 Å². The van der Waals surface area contributed by atoms with Crippen LogP contribution in [0, 0.1) is 11.8 Å². The van der Waals surface area contributed by atoms with Gasteiger partial charge in [0.1, 0.15) is 0 Å². The summed E-state index contributed by atoms with van der Waals surface area (Å²) >= 11 is 5.75. The Kier molecular flexibility index (Phi) is 2.06. The van der Waals surface area contributed by atoms with Gasteiger partial charge in [0.25, 0.3) is 0 Å². The van der Waals surface area contributed by atoms with Crippen molar-refractivity contribution >= 4 is 23.5 Å². The van der Waals surface area contributed by atoms with E-state index in [1.165, 1.54) is 0 Å². The first-order valence-electron chi connectivity index (χ1n) is 4.91. The number of hydrogen-bond donors (Lipinski definition) is 0. The molecule has 0 amide bonds. The van der Waals surface area contributed by atoms with E-state index in [0.717, 1.165) is 0 Å². The van der Waals surface area contributed by atoms with E-state index in [1.54, 1.807) is 6.92 Å². The lowest BCUT2D eigenvalue weighted by molar-refractivity contribution is -0.264. The molecule has 0 aromatic carbocycles. The SMILES string of the molecule is CC1C(C)C2(CCl)OC(=O)C1(C)OC2=O. The highest BCUT2D eigenvalue weighted by Crippen LogP contribution is 2.49. The van der Waals surface area contributed by atoms with Gasteiger partial charge in [0.2, 0.25) is 11.2 Å². The lowest BCUT2D eigenvalue weighted by atomic mass is 9.68. The van der Waals surface area contributed by atoms with Crippen molar-refractivity contribution in [3.63, 3.8) is 0 Å². The number of alkyl halides is 1. The molecule has 0 N–H and O–H groups in total. The van der Waals surface area contributed by atoms with Crippen molar-refractivity contribution in [1.29, 1.82) is 0 Å². The quantitative estimate of drug-likeness (QED) is 0.502. The lowest BCUT2D eigenvalue weighted by Gasteiger charge is -2.54. The molecule has 3 saturated heterocycles. The summed E-state index contributed by atoms with van der Waals surface area (Å²) in [6.45, 7) is 5.32. The molecule has 0 spiro atoms. The molecule has 0 aromatic rings. The van der Waals surface area contributed by atoms with Gasteiger partial charge in [-0.3, -0.25) is 0 Å². The molecule has 0 saturated carbocycles. The topological polar surface area (TPSA) is 52.6 Å².